The highest BCUT2D eigenvalue weighted by molar-refractivity contribution is 7.13. The maximum atomic E-state index is 10.5. The van der Waals surface area contributed by atoms with E-state index in [1.54, 1.807) is 11.7 Å². The van der Waals surface area contributed by atoms with Gasteiger partial charge in [0, 0.05) is 5.38 Å². The molecule has 1 rings (SSSR count). The average molecular weight is 233 g/mol. The maximum Gasteiger partial charge on any atom is 0.259 e. The number of anilines is 1. The molecular formula is C7H7ClN3O2S. The largest absolute Gasteiger partial charge is 0.394 e. The first-order chi connectivity index (χ1) is 6.77. The van der Waals surface area contributed by atoms with E-state index in [0.29, 0.717) is 16.7 Å². The molecule has 1 aromatic heterocycles. The number of thiazole rings is 1. The molecule has 0 aliphatic carbocycles. The monoisotopic (exact) mass is 232 g/mol. The Balaban J connectivity index is 2.71. The number of carbonyl (C=O) groups excluding carboxylic acids is 1. The molecule has 7 heteroatoms. The Morgan fingerprint density at radius 1 is 1.86 bits per heavy atom. The van der Waals surface area contributed by atoms with E-state index in [1.165, 1.54) is 11.3 Å². The third kappa shape index (κ3) is 2.97. The standard InChI is InChI=1S/C7H7ClN3O2S/c8-1-2-13-11-5(3-12)6-4-14-7(9)10-6/h4H,1-2H2,(H2,9,10)/b11-5+. The quantitative estimate of drug-likeness (QED) is 0.353. The molecule has 0 spiro atoms. The molecule has 1 heterocycles. The number of hydrogen-bond donors (Lipinski definition) is 1. The normalized spacial score (nSPS) is 11.4. The number of halogens is 1. The summed E-state index contributed by atoms with van der Waals surface area (Å²) in [6.07, 6.45) is 1.61. The smallest absolute Gasteiger partial charge is 0.259 e. The van der Waals surface area contributed by atoms with Gasteiger partial charge in [0.2, 0.25) is 0 Å². The van der Waals surface area contributed by atoms with Crippen LogP contribution < -0.4 is 5.73 Å². The zero-order chi connectivity index (χ0) is 10.4. The lowest BCUT2D eigenvalue weighted by Gasteiger charge is -1.94. The Hall–Kier alpha value is -1.14. The number of aromatic nitrogens is 1. The topological polar surface area (TPSA) is 77.6 Å². The lowest BCUT2D eigenvalue weighted by Crippen LogP contribution is -2.05. The Morgan fingerprint density at radius 3 is 3.14 bits per heavy atom. The number of alkyl halides is 1. The van der Waals surface area contributed by atoms with Crippen LogP contribution >= 0.6 is 22.9 Å². The van der Waals surface area contributed by atoms with Gasteiger partial charge >= 0.3 is 0 Å². The van der Waals surface area contributed by atoms with Crippen molar-refractivity contribution in [1.29, 1.82) is 0 Å². The second kappa shape index (κ2) is 5.56. The molecule has 0 aliphatic heterocycles. The molecule has 0 unspecified atom stereocenters. The van der Waals surface area contributed by atoms with Crippen LogP contribution in [0.4, 0.5) is 5.13 Å². The first-order valence-electron chi connectivity index (χ1n) is 3.63. The fourth-order valence-corrected chi connectivity index (χ4v) is 1.28. The summed E-state index contributed by atoms with van der Waals surface area (Å²) < 4.78 is 0. The lowest BCUT2D eigenvalue weighted by atomic mass is 10.3. The van der Waals surface area contributed by atoms with Gasteiger partial charge in [-0.1, -0.05) is 5.16 Å². The van der Waals surface area contributed by atoms with Crippen molar-refractivity contribution in [3.63, 3.8) is 0 Å². The first-order valence-corrected chi connectivity index (χ1v) is 5.04. The number of hydrogen-bond acceptors (Lipinski definition) is 6. The van der Waals surface area contributed by atoms with Crippen LogP contribution in [0.3, 0.4) is 0 Å². The van der Waals surface area contributed by atoms with Crippen molar-refractivity contribution >= 4 is 40.1 Å². The van der Waals surface area contributed by atoms with E-state index in [-0.39, 0.29) is 12.3 Å². The van der Waals surface area contributed by atoms with Crippen LogP contribution in [-0.4, -0.2) is 29.5 Å². The fraction of sp³-hybridized carbons (Fsp3) is 0.286. The van der Waals surface area contributed by atoms with Crippen LogP contribution in [0, 0.1) is 0 Å². The summed E-state index contributed by atoms with van der Waals surface area (Å²) in [5, 5.41) is 5.47. The van der Waals surface area contributed by atoms with Crippen LogP contribution in [0.15, 0.2) is 10.5 Å². The zero-order valence-corrected chi connectivity index (χ0v) is 8.64. The summed E-state index contributed by atoms with van der Waals surface area (Å²) in [5.41, 5.74) is 5.73. The van der Waals surface area contributed by atoms with Crippen molar-refractivity contribution in [3.8, 4) is 0 Å². The number of oxime groups is 1. The van der Waals surface area contributed by atoms with Crippen LogP contribution in [0.5, 0.6) is 0 Å². The number of nitrogens with two attached hydrogens (primary N) is 1. The summed E-state index contributed by atoms with van der Waals surface area (Å²) in [5.74, 6) is 0.300. The van der Waals surface area contributed by atoms with E-state index in [1.807, 2.05) is 0 Å². The fourth-order valence-electron chi connectivity index (χ4n) is 0.659. The minimum atomic E-state index is -0.0110. The Labute approximate surface area is 89.5 Å². The average Bonchev–Trinajstić information content (AvgIpc) is 2.60. The van der Waals surface area contributed by atoms with Gasteiger partial charge in [-0.05, 0) is 0 Å². The van der Waals surface area contributed by atoms with Crippen molar-refractivity contribution in [2.24, 2.45) is 5.16 Å². The molecule has 1 aromatic rings. The van der Waals surface area contributed by atoms with E-state index in [4.69, 9.17) is 22.2 Å². The second-order valence-corrected chi connectivity index (χ2v) is 3.40. The molecule has 0 aliphatic rings. The molecular weight excluding hydrogens is 226 g/mol. The van der Waals surface area contributed by atoms with E-state index >= 15 is 0 Å². The maximum absolute atomic E-state index is 10.5. The Bertz CT molecular complexity index is 339. The van der Waals surface area contributed by atoms with Gasteiger partial charge in [0.15, 0.2) is 10.8 Å². The van der Waals surface area contributed by atoms with E-state index < -0.39 is 0 Å². The van der Waals surface area contributed by atoms with Gasteiger partial charge in [0.1, 0.15) is 12.3 Å². The van der Waals surface area contributed by atoms with Gasteiger partial charge in [-0.2, -0.15) is 0 Å². The van der Waals surface area contributed by atoms with Crippen molar-refractivity contribution in [2.75, 3.05) is 18.2 Å². The molecule has 75 valence electrons. The van der Waals surface area contributed by atoms with Crippen molar-refractivity contribution in [3.05, 3.63) is 11.1 Å². The summed E-state index contributed by atoms with van der Waals surface area (Å²) in [7, 11) is 0. The van der Waals surface area contributed by atoms with Crippen LogP contribution in [0.2, 0.25) is 0 Å². The minimum absolute atomic E-state index is 0.0110. The zero-order valence-electron chi connectivity index (χ0n) is 7.07. The summed E-state index contributed by atoms with van der Waals surface area (Å²) in [6, 6.07) is 0. The second-order valence-electron chi connectivity index (χ2n) is 2.14. The molecule has 0 atom stereocenters. The van der Waals surface area contributed by atoms with Gasteiger partial charge in [0.25, 0.3) is 6.29 Å². The molecule has 14 heavy (non-hydrogen) atoms. The van der Waals surface area contributed by atoms with Crippen molar-refractivity contribution < 1.29 is 9.63 Å². The lowest BCUT2D eigenvalue weighted by molar-refractivity contribution is 0.161. The molecule has 0 bridgehead atoms. The number of rotatable bonds is 5. The third-order valence-electron chi connectivity index (χ3n) is 1.19. The highest BCUT2D eigenvalue weighted by atomic mass is 35.5. The molecule has 2 N–H and O–H groups in total. The van der Waals surface area contributed by atoms with Gasteiger partial charge in [-0.25, -0.2) is 4.98 Å². The van der Waals surface area contributed by atoms with Crippen LogP contribution in [-0.2, 0) is 9.63 Å². The highest BCUT2D eigenvalue weighted by Gasteiger charge is 2.08. The van der Waals surface area contributed by atoms with Gasteiger partial charge in [0.05, 0.1) is 5.88 Å². The van der Waals surface area contributed by atoms with E-state index in [0.717, 1.165) is 0 Å². The molecule has 1 radical (unpaired) electrons. The molecule has 0 saturated heterocycles. The molecule has 0 saturated carbocycles. The van der Waals surface area contributed by atoms with Crippen LogP contribution in [0.1, 0.15) is 5.69 Å². The van der Waals surface area contributed by atoms with Crippen molar-refractivity contribution in [1.82, 2.24) is 4.98 Å². The number of nitrogen functional groups attached to an aromatic ring is 1. The SMILES string of the molecule is Nc1nc(/C([C]=O)=N/OCCCl)cs1. The van der Waals surface area contributed by atoms with Crippen molar-refractivity contribution in [2.45, 2.75) is 0 Å². The third-order valence-corrected chi connectivity index (χ3v) is 2.01. The molecule has 0 aromatic carbocycles. The van der Waals surface area contributed by atoms with Gasteiger partial charge in [-0.15, -0.1) is 22.9 Å². The van der Waals surface area contributed by atoms with Crippen LogP contribution in [0.25, 0.3) is 0 Å². The number of nitrogens with zero attached hydrogens (tertiary/aromatic N) is 2. The molecule has 5 nitrogen and oxygen atoms in total. The summed E-state index contributed by atoms with van der Waals surface area (Å²) >= 11 is 6.56. The first kappa shape index (κ1) is 10.9. The predicted octanol–water partition coefficient (Wildman–Crippen LogP) is 0.795. The van der Waals surface area contributed by atoms with Gasteiger partial charge in [-0.3, -0.25) is 4.79 Å². The highest BCUT2D eigenvalue weighted by Crippen LogP contribution is 2.11. The summed E-state index contributed by atoms with van der Waals surface area (Å²) in [6.45, 7) is 0.229. The van der Waals surface area contributed by atoms with E-state index in [2.05, 4.69) is 10.1 Å². The Kier molecular flexibility index (Phi) is 4.34. The molecule has 0 fully saturated rings. The predicted molar refractivity (Wildman–Crippen MR) is 55.4 cm³/mol. The van der Waals surface area contributed by atoms with E-state index in [9.17, 15) is 4.79 Å². The Morgan fingerprint density at radius 2 is 2.64 bits per heavy atom. The molecule has 0 amide bonds. The summed E-state index contributed by atoms with van der Waals surface area (Å²) in [4.78, 5) is 19.0. The van der Waals surface area contributed by atoms with Gasteiger partial charge < -0.3 is 10.6 Å². The minimum Gasteiger partial charge on any atom is -0.394 e.